The second-order valence-corrected chi connectivity index (χ2v) is 7.58. The summed E-state index contributed by atoms with van der Waals surface area (Å²) in [4.78, 5) is 31.6. The van der Waals surface area contributed by atoms with Crippen LogP contribution in [0, 0.1) is 13.8 Å². The third kappa shape index (κ3) is 4.45. The molecule has 2 amide bonds. The molecule has 10 heteroatoms. The van der Waals surface area contributed by atoms with E-state index in [0.29, 0.717) is 11.5 Å². The molecule has 0 aromatic carbocycles. The number of hydrogen-bond acceptors (Lipinski definition) is 7. The van der Waals surface area contributed by atoms with E-state index < -0.39 is 40.3 Å². The molecule has 0 radical (unpaired) electrons. The van der Waals surface area contributed by atoms with Gasteiger partial charge in [0.25, 0.3) is 5.91 Å². The average molecular weight is 342 g/mol. The van der Waals surface area contributed by atoms with Crippen molar-refractivity contribution in [2.24, 2.45) is 0 Å². The first kappa shape index (κ1) is 17.3. The van der Waals surface area contributed by atoms with Gasteiger partial charge in [-0.15, -0.1) is 0 Å². The topological polar surface area (TPSA) is 138 Å². The maximum Gasteiger partial charge on any atom is 0.270 e. The first-order valence-corrected chi connectivity index (χ1v) is 8.76. The van der Waals surface area contributed by atoms with Crippen LogP contribution in [0.25, 0.3) is 0 Å². The van der Waals surface area contributed by atoms with Crippen molar-refractivity contribution in [2.75, 3.05) is 18.1 Å². The van der Waals surface area contributed by atoms with E-state index in [-0.39, 0.29) is 17.2 Å². The maximum atomic E-state index is 12.3. The minimum Gasteiger partial charge on any atom is -0.387 e. The zero-order valence-electron chi connectivity index (χ0n) is 12.7. The van der Waals surface area contributed by atoms with Gasteiger partial charge in [-0.05, 0) is 19.9 Å². The van der Waals surface area contributed by atoms with Crippen LogP contribution in [0.4, 0.5) is 0 Å². The van der Waals surface area contributed by atoms with Crippen LogP contribution in [-0.2, 0) is 14.6 Å². The molecule has 1 aliphatic rings. The van der Waals surface area contributed by atoms with Gasteiger partial charge in [-0.3, -0.25) is 9.59 Å². The number of nitrogens with one attached hydrogen (secondary N) is 2. The SMILES string of the molecule is Cc1cc(C(=O)N[C@@H]2CS(=O)(=O)C[C@H]2NC(=O)CO)nc(C)n1. The van der Waals surface area contributed by atoms with E-state index in [9.17, 15) is 18.0 Å². The monoisotopic (exact) mass is 342 g/mol. The third-order valence-corrected chi connectivity index (χ3v) is 5.09. The van der Waals surface area contributed by atoms with Crippen molar-refractivity contribution >= 4 is 21.7 Å². The molecule has 2 atom stereocenters. The average Bonchev–Trinajstić information content (AvgIpc) is 2.71. The van der Waals surface area contributed by atoms with Crippen LogP contribution >= 0.6 is 0 Å². The van der Waals surface area contributed by atoms with Crippen LogP contribution in [0.5, 0.6) is 0 Å². The molecule has 0 bridgehead atoms. The van der Waals surface area contributed by atoms with E-state index in [0.717, 1.165) is 0 Å². The molecule has 1 fully saturated rings. The fourth-order valence-electron chi connectivity index (χ4n) is 2.46. The highest BCUT2D eigenvalue weighted by atomic mass is 32.2. The normalized spacial score (nSPS) is 22.6. The van der Waals surface area contributed by atoms with Crippen molar-refractivity contribution in [3.8, 4) is 0 Å². The number of rotatable bonds is 4. The molecule has 0 unspecified atom stereocenters. The Kier molecular flexibility index (Phi) is 4.95. The van der Waals surface area contributed by atoms with E-state index >= 15 is 0 Å². The quantitative estimate of drug-likeness (QED) is 0.581. The van der Waals surface area contributed by atoms with Crippen LogP contribution in [0.2, 0.25) is 0 Å². The van der Waals surface area contributed by atoms with Gasteiger partial charge in [0.05, 0.1) is 23.6 Å². The summed E-state index contributed by atoms with van der Waals surface area (Å²) >= 11 is 0. The zero-order valence-corrected chi connectivity index (χ0v) is 13.6. The number of aliphatic hydroxyl groups is 1. The summed E-state index contributed by atoms with van der Waals surface area (Å²) in [6, 6.07) is -0.0705. The number of amides is 2. The summed E-state index contributed by atoms with van der Waals surface area (Å²) in [5.74, 6) is -1.37. The molecule has 23 heavy (non-hydrogen) atoms. The number of nitrogens with zero attached hydrogens (tertiary/aromatic N) is 2. The fourth-order valence-corrected chi connectivity index (χ4v) is 4.32. The van der Waals surface area contributed by atoms with Crippen LogP contribution in [0.3, 0.4) is 0 Å². The van der Waals surface area contributed by atoms with Crippen molar-refractivity contribution < 1.29 is 23.1 Å². The summed E-state index contributed by atoms with van der Waals surface area (Å²) in [5.41, 5.74) is 0.748. The van der Waals surface area contributed by atoms with Gasteiger partial charge in [-0.1, -0.05) is 0 Å². The van der Waals surface area contributed by atoms with Gasteiger partial charge in [-0.25, -0.2) is 18.4 Å². The van der Waals surface area contributed by atoms with Crippen molar-refractivity contribution in [1.82, 2.24) is 20.6 Å². The highest BCUT2D eigenvalue weighted by Gasteiger charge is 2.39. The van der Waals surface area contributed by atoms with Crippen molar-refractivity contribution in [1.29, 1.82) is 0 Å². The second kappa shape index (κ2) is 6.59. The van der Waals surface area contributed by atoms with Gasteiger partial charge in [0.15, 0.2) is 9.84 Å². The number of carbonyl (C=O) groups excluding carboxylic acids is 2. The van der Waals surface area contributed by atoms with Crippen molar-refractivity contribution in [3.05, 3.63) is 23.3 Å². The second-order valence-electron chi connectivity index (χ2n) is 5.43. The highest BCUT2D eigenvalue weighted by Crippen LogP contribution is 2.13. The smallest absolute Gasteiger partial charge is 0.270 e. The largest absolute Gasteiger partial charge is 0.387 e. The minimum atomic E-state index is -3.39. The Labute approximate surface area is 133 Å². The minimum absolute atomic E-state index is 0.131. The molecule has 9 nitrogen and oxygen atoms in total. The van der Waals surface area contributed by atoms with E-state index in [1.165, 1.54) is 6.07 Å². The number of hydrogen-bond donors (Lipinski definition) is 3. The molecule has 3 N–H and O–H groups in total. The summed E-state index contributed by atoms with van der Waals surface area (Å²) < 4.78 is 23.5. The number of aromatic nitrogens is 2. The Bertz CT molecular complexity index is 714. The van der Waals surface area contributed by atoms with E-state index in [4.69, 9.17) is 5.11 Å². The molecule has 0 aliphatic carbocycles. The molecular weight excluding hydrogens is 324 g/mol. The van der Waals surface area contributed by atoms with Gasteiger partial charge in [-0.2, -0.15) is 0 Å². The molecule has 0 spiro atoms. The fraction of sp³-hybridized carbons (Fsp3) is 0.538. The Hall–Kier alpha value is -2.07. The van der Waals surface area contributed by atoms with Gasteiger partial charge in [0.1, 0.15) is 18.1 Å². The molecule has 0 saturated carbocycles. The van der Waals surface area contributed by atoms with E-state index in [1.54, 1.807) is 13.8 Å². The summed E-state index contributed by atoms with van der Waals surface area (Å²) in [6.45, 7) is 2.62. The number of sulfone groups is 1. The van der Waals surface area contributed by atoms with Gasteiger partial charge in [0.2, 0.25) is 5.91 Å². The van der Waals surface area contributed by atoms with Crippen molar-refractivity contribution in [2.45, 2.75) is 25.9 Å². The number of aliphatic hydroxyl groups excluding tert-OH is 1. The van der Waals surface area contributed by atoms with Crippen LogP contribution in [0.15, 0.2) is 6.07 Å². The number of aryl methyl sites for hydroxylation is 2. The van der Waals surface area contributed by atoms with Gasteiger partial charge < -0.3 is 15.7 Å². The molecule has 1 aromatic rings. The van der Waals surface area contributed by atoms with Gasteiger partial charge in [0, 0.05) is 5.69 Å². The first-order chi connectivity index (χ1) is 10.7. The van der Waals surface area contributed by atoms with E-state index in [2.05, 4.69) is 20.6 Å². The summed E-state index contributed by atoms with van der Waals surface area (Å²) in [7, 11) is -3.39. The van der Waals surface area contributed by atoms with Crippen LogP contribution < -0.4 is 10.6 Å². The standard InChI is InChI=1S/C13H18N4O5S/c1-7-3-9(15-8(2)14-7)13(20)17-11-6-23(21,22)5-10(11)16-12(19)4-18/h3,10-11,18H,4-6H2,1-2H3,(H,16,19)(H,17,20)/t10-,11-/m1/s1. The highest BCUT2D eigenvalue weighted by molar-refractivity contribution is 7.91. The molecule has 1 saturated heterocycles. The third-order valence-electron chi connectivity index (χ3n) is 3.36. The van der Waals surface area contributed by atoms with Crippen LogP contribution in [-0.4, -0.2) is 65.5 Å². The predicted molar refractivity (Wildman–Crippen MR) is 80.4 cm³/mol. The maximum absolute atomic E-state index is 12.3. The zero-order chi connectivity index (χ0) is 17.2. The molecular formula is C13H18N4O5S. The Morgan fingerprint density at radius 1 is 1.22 bits per heavy atom. The Balaban J connectivity index is 2.15. The summed E-state index contributed by atoms with van der Waals surface area (Å²) in [6.07, 6.45) is 0. The predicted octanol–water partition coefficient (Wildman–Crippen LogP) is -1.90. The first-order valence-electron chi connectivity index (χ1n) is 6.94. The molecule has 1 aliphatic heterocycles. The lowest BCUT2D eigenvalue weighted by Gasteiger charge is -2.20. The molecule has 2 rings (SSSR count). The summed E-state index contributed by atoms with van der Waals surface area (Å²) in [5, 5.41) is 13.7. The lowest BCUT2D eigenvalue weighted by molar-refractivity contribution is -0.124. The number of carbonyl (C=O) groups is 2. The van der Waals surface area contributed by atoms with E-state index in [1.807, 2.05) is 0 Å². The molecule has 126 valence electrons. The Morgan fingerprint density at radius 3 is 2.39 bits per heavy atom. The molecule has 1 aromatic heterocycles. The van der Waals surface area contributed by atoms with Gasteiger partial charge >= 0.3 is 0 Å². The Morgan fingerprint density at radius 2 is 1.83 bits per heavy atom. The van der Waals surface area contributed by atoms with Crippen molar-refractivity contribution in [3.63, 3.8) is 0 Å². The lowest BCUT2D eigenvalue weighted by atomic mass is 10.1. The lowest BCUT2D eigenvalue weighted by Crippen LogP contribution is -2.51. The van der Waals surface area contributed by atoms with Crippen LogP contribution in [0.1, 0.15) is 22.0 Å². The molecule has 2 heterocycles.